The zero-order valence-corrected chi connectivity index (χ0v) is 21.7. The molecule has 11 heteroatoms. The van der Waals surface area contributed by atoms with Crippen LogP contribution in [0.1, 0.15) is 23.6 Å². The number of anilines is 1. The molecule has 0 unspecified atom stereocenters. The van der Waals surface area contributed by atoms with Crippen molar-refractivity contribution in [2.75, 3.05) is 32.2 Å². The highest BCUT2D eigenvalue weighted by atomic mass is 35.5. The number of nitrogens with zero attached hydrogens (tertiary/aromatic N) is 1. The number of hydrogen-bond acceptors (Lipinski definition) is 8. The minimum atomic E-state index is -0.596. The van der Waals surface area contributed by atoms with Gasteiger partial charge in [0.05, 0.1) is 23.6 Å². The van der Waals surface area contributed by atoms with Gasteiger partial charge < -0.3 is 19.5 Å². The number of carbonyl (C=O) groups excluding carboxylic acids is 4. The Bertz CT molecular complexity index is 1250. The maximum atomic E-state index is 12.9. The molecule has 1 saturated heterocycles. The van der Waals surface area contributed by atoms with Gasteiger partial charge in [0, 0.05) is 5.69 Å². The van der Waals surface area contributed by atoms with Crippen molar-refractivity contribution in [1.82, 2.24) is 4.90 Å². The van der Waals surface area contributed by atoms with E-state index in [2.05, 4.69) is 10.1 Å². The molecule has 2 aromatic carbocycles. The van der Waals surface area contributed by atoms with Crippen LogP contribution in [-0.2, 0) is 19.1 Å². The second-order valence-corrected chi connectivity index (χ2v) is 9.16. The Hall–Kier alpha value is -3.50. The number of amides is 3. The van der Waals surface area contributed by atoms with Crippen LogP contribution in [0.15, 0.2) is 35.2 Å². The first kappa shape index (κ1) is 27.1. The average molecular weight is 533 g/mol. The zero-order valence-electron chi connectivity index (χ0n) is 20.2. The highest BCUT2D eigenvalue weighted by Gasteiger charge is 2.36. The number of nitrogens with one attached hydrogen (secondary N) is 1. The molecule has 190 valence electrons. The quantitative estimate of drug-likeness (QED) is 0.369. The number of esters is 1. The van der Waals surface area contributed by atoms with E-state index >= 15 is 0 Å². The van der Waals surface area contributed by atoms with E-state index in [0.29, 0.717) is 17.9 Å². The SMILES string of the molecule is CCOc1cc(/C=C2\SC(=O)N(CC(=O)Nc3ccc(C)cc3C)C2=O)cc(Cl)c1OCC(=O)OC. The summed E-state index contributed by atoms with van der Waals surface area (Å²) in [6.07, 6.45) is 1.48. The number of methoxy groups -OCH3 is 1. The summed E-state index contributed by atoms with van der Waals surface area (Å²) >= 11 is 7.05. The molecule has 0 radical (unpaired) electrons. The summed E-state index contributed by atoms with van der Waals surface area (Å²) in [6, 6.07) is 8.64. The van der Waals surface area contributed by atoms with Crippen LogP contribution in [0.3, 0.4) is 0 Å². The molecule has 3 amide bonds. The van der Waals surface area contributed by atoms with Gasteiger partial charge in [-0.15, -0.1) is 0 Å². The van der Waals surface area contributed by atoms with Crippen LogP contribution in [0.2, 0.25) is 5.02 Å². The Morgan fingerprint density at radius 2 is 1.89 bits per heavy atom. The van der Waals surface area contributed by atoms with E-state index in [0.717, 1.165) is 27.8 Å². The van der Waals surface area contributed by atoms with Crippen LogP contribution in [0.25, 0.3) is 6.08 Å². The number of ether oxygens (including phenoxy) is 3. The fourth-order valence-corrected chi connectivity index (χ4v) is 4.45. The first-order valence-electron chi connectivity index (χ1n) is 10.9. The molecule has 1 fully saturated rings. The van der Waals surface area contributed by atoms with Crippen molar-refractivity contribution in [3.05, 3.63) is 56.9 Å². The number of rotatable bonds is 9. The van der Waals surface area contributed by atoms with Gasteiger partial charge in [0.1, 0.15) is 6.54 Å². The third-order valence-electron chi connectivity index (χ3n) is 5.02. The monoisotopic (exact) mass is 532 g/mol. The van der Waals surface area contributed by atoms with Crippen LogP contribution >= 0.6 is 23.4 Å². The molecule has 1 aliphatic heterocycles. The van der Waals surface area contributed by atoms with Crippen LogP contribution in [0.4, 0.5) is 10.5 Å². The molecule has 36 heavy (non-hydrogen) atoms. The van der Waals surface area contributed by atoms with E-state index in [4.69, 9.17) is 21.1 Å². The van der Waals surface area contributed by atoms with Crippen LogP contribution in [0.5, 0.6) is 11.5 Å². The van der Waals surface area contributed by atoms with E-state index in [1.54, 1.807) is 19.1 Å². The number of thioether (sulfide) groups is 1. The summed E-state index contributed by atoms with van der Waals surface area (Å²) in [4.78, 5) is 50.3. The molecule has 0 bridgehead atoms. The second-order valence-electron chi connectivity index (χ2n) is 7.76. The fourth-order valence-electron chi connectivity index (χ4n) is 3.34. The predicted molar refractivity (Wildman–Crippen MR) is 137 cm³/mol. The number of benzene rings is 2. The number of imide groups is 1. The van der Waals surface area contributed by atoms with E-state index in [1.807, 2.05) is 26.0 Å². The predicted octanol–water partition coefficient (Wildman–Crippen LogP) is 4.58. The number of carbonyl (C=O) groups is 4. The molecule has 2 aromatic rings. The van der Waals surface area contributed by atoms with Crippen molar-refractivity contribution in [3.63, 3.8) is 0 Å². The van der Waals surface area contributed by atoms with Gasteiger partial charge in [-0.3, -0.25) is 19.3 Å². The summed E-state index contributed by atoms with van der Waals surface area (Å²) in [5, 5.41) is 2.32. The molecular formula is C25H25ClN2O7S. The Morgan fingerprint density at radius 1 is 1.14 bits per heavy atom. The normalized spacial score (nSPS) is 14.2. The fraction of sp³-hybridized carbons (Fsp3) is 0.280. The van der Waals surface area contributed by atoms with E-state index in [9.17, 15) is 19.2 Å². The first-order valence-corrected chi connectivity index (χ1v) is 12.1. The third kappa shape index (κ3) is 6.58. The summed E-state index contributed by atoms with van der Waals surface area (Å²) in [6.45, 7) is 5.08. The largest absolute Gasteiger partial charge is 0.490 e. The Morgan fingerprint density at radius 3 is 2.56 bits per heavy atom. The number of hydrogen-bond donors (Lipinski definition) is 1. The van der Waals surface area contributed by atoms with Crippen LogP contribution < -0.4 is 14.8 Å². The number of aryl methyl sites for hydroxylation is 2. The topological polar surface area (TPSA) is 111 Å². The Balaban J connectivity index is 1.76. The summed E-state index contributed by atoms with van der Waals surface area (Å²) in [5.74, 6) is -1.27. The van der Waals surface area contributed by atoms with Gasteiger partial charge in [-0.25, -0.2) is 4.79 Å². The van der Waals surface area contributed by atoms with Crippen LogP contribution in [-0.4, -0.2) is 54.8 Å². The minimum Gasteiger partial charge on any atom is -0.490 e. The molecule has 0 saturated carbocycles. The molecule has 1 N–H and O–H groups in total. The summed E-state index contributed by atoms with van der Waals surface area (Å²) in [5.41, 5.74) is 3.01. The molecule has 1 aliphatic rings. The molecule has 0 spiro atoms. The third-order valence-corrected chi connectivity index (χ3v) is 6.21. The lowest BCUT2D eigenvalue weighted by atomic mass is 10.1. The maximum absolute atomic E-state index is 12.9. The maximum Gasteiger partial charge on any atom is 0.343 e. The molecule has 0 aromatic heterocycles. The van der Waals surface area contributed by atoms with Gasteiger partial charge in [-0.1, -0.05) is 29.3 Å². The molecular weight excluding hydrogens is 508 g/mol. The average Bonchev–Trinajstić information content (AvgIpc) is 3.07. The van der Waals surface area contributed by atoms with Gasteiger partial charge in [-0.05, 0) is 67.9 Å². The van der Waals surface area contributed by atoms with Crippen molar-refractivity contribution in [2.45, 2.75) is 20.8 Å². The first-order chi connectivity index (χ1) is 17.1. The lowest BCUT2D eigenvalue weighted by molar-refractivity contribution is -0.143. The Kier molecular flexibility index (Phi) is 9.00. The Labute approximate surface area is 217 Å². The standard InChI is InChI=1S/C25H25ClN2O7S/c1-5-34-19-10-16(9-17(26)23(19)35-13-22(30)33-4)11-20-24(31)28(25(32)36-20)12-21(29)27-18-7-6-14(2)8-15(18)3/h6-11H,5,12-13H2,1-4H3,(H,27,29)/b20-11-. The van der Waals surface area contributed by atoms with Crippen molar-refractivity contribution in [1.29, 1.82) is 0 Å². The smallest absolute Gasteiger partial charge is 0.343 e. The van der Waals surface area contributed by atoms with Gasteiger partial charge in [0.25, 0.3) is 11.1 Å². The van der Waals surface area contributed by atoms with Gasteiger partial charge in [0.2, 0.25) is 5.91 Å². The van der Waals surface area contributed by atoms with Gasteiger partial charge in [0.15, 0.2) is 18.1 Å². The van der Waals surface area contributed by atoms with Crippen molar-refractivity contribution < 1.29 is 33.4 Å². The molecule has 3 rings (SSSR count). The molecule has 1 heterocycles. The highest BCUT2D eigenvalue weighted by molar-refractivity contribution is 8.18. The van der Waals surface area contributed by atoms with Crippen LogP contribution in [0, 0.1) is 13.8 Å². The van der Waals surface area contributed by atoms with E-state index in [-0.39, 0.29) is 28.0 Å². The molecule has 0 atom stereocenters. The zero-order chi connectivity index (χ0) is 26.4. The molecule has 9 nitrogen and oxygen atoms in total. The summed E-state index contributed by atoms with van der Waals surface area (Å²) in [7, 11) is 1.24. The van der Waals surface area contributed by atoms with Crippen molar-refractivity contribution in [2.24, 2.45) is 0 Å². The van der Waals surface area contributed by atoms with Crippen molar-refractivity contribution in [3.8, 4) is 11.5 Å². The second kappa shape index (κ2) is 12.0. The lowest BCUT2D eigenvalue weighted by Crippen LogP contribution is -2.36. The van der Waals surface area contributed by atoms with E-state index in [1.165, 1.54) is 19.3 Å². The lowest BCUT2D eigenvalue weighted by Gasteiger charge is -2.14. The summed E-state index contributed by atoms with van der Waals surface area (Å²) < 4.78 is 15.6. The number of halogens is 1. The van der Waals surface area contributed by atoms with Gasteiger partial charge >= 0.3 is 5.97 Å². The molecule has 0 aliphatic carbocycles. The minimum absolute atomic E-state index is 0.126. The van der Waals surface area contributed by atoms with Crippen molar-refractivity contribution >= 4 is 58.1 Å². The van der Waals surface area contributed by atoms with Gasteiger partial charge in [-0.2, -0.15) is 0 Å². The van der Waals surface area contributed by atoms with E-state index < -0.39 is 29.6 Å². The highest BCUT2D eigenvalue weighted by Crippen LogP contribution is 2.39.